The van der Waals surface area contributed by atoms with Crippen molar-refractivity contribution >= 4 is 15.9 Å². The van der Waals surface area contributed by atoms with E-state index in [9.17, 15) is 0 Å². The van der Waals surface area contributed by atoms with Crippen LogP contribution in [-0.4, -0.2) is 13.2 Å². The Kier molecular flexibility index (Phi) is 6.44. The van der Waals surface area contributed by atoms with Crippen molar-refractivity contribution in [1.82, 2.24) is 5.32 Å². The Morgan fingerprint density at radius 2 is 2.17 bits per heavy atom. The highest BCUT2D eigenvalue weighted by atomic mass is 79.9. The quantitative estimate of drug-likeness (QED) is 0.601. The van der Waals surface area contributed by atoms with Gasteiger partial charge in [-0.15, -0.1) is 0 Å². The third-order valence-electron chi connectivity index (χ3n) is 2.52. The number of ether oxygens (including phenoxy) is 1. The molecule has 100 valence electrons. The van der Waals surface area contributed by atoms with Gasteiger partial charge < -0.3 is 10.1 Å². The van der Waals surface area contributed by atoms with Crippen LogP contribution in [0.3, 0.4) is 0 Å². The molecular formula is C15H22BrNO. The number of rotatable bonds is 7. The van der Waals surface area contributed by atoms with E-state index in [1.165, 1.54) is 5.56 Å². The molecule has 3 heteroatoms. The maximum atomic E-state index is 5.85. The van der Waals surface area contributed by atoms with Crippen molar-refractivity contribution in [3.05, 3.63) is 39.9 Å². The first kappa shape index (κ1) is 15.3. The van der Waals surface area contributed by atoms with Crippen LogP contribution in [0.15, 0.2) is 28.8 Å². The van der Waals surface area contributed by atoms with Gasteiger partial charge in [0, 0.05) is 16.6 Å². The van der Waals surface area contributed by atoms with Crippen LogP contribution in [0.2, 0.25) is 0 Å². The van der Waals surface area contributed by atoms with Crippen molar-refractivity contribution in [3.8, 4) is 5.75 Å². The summed E-state index contributed by atoms with van der Waals surface area (Å²) >= 11 is 3.54. The Balaban J connectivity index is 2.86. The summed E-state index contributed by atoms with van der Waals surface area (Å²) in [7, 11) is 0. The lowest BCUT2D eigenvalue weighted by atomic mass is 10.1. The van der Waals surface area contributed by atoms with Crippen LogP contribution in [0.25, 0.3) is 0 Å². The number of nitrogens with one attached hydrogen (secondary N) is 1. The fourth-order valence-electron chi connectivity index (χ4n) is 1.73. The van der Waals surface area contributed by atoms with E-state index < -0.39 is 0 Å². The lowest BCUT2D eigenvalue weighted by molar-refractivity contribution is 0.345. The summed E-state index contributed by atoms with van der Waals surface area (Å²) in [6, 6.07) is 4.19. The lowest BCUT2D eigenvalue weighted by Crippen LogP contribution is -2.15. The zero-order valence-corrected chi connectivity index (χ0v) is 13.1. The maximum absolute atomic E-state index is 5.85. The number of benzene rings is 1. The number of halogens is 1. The van der Waals surface area contributed by atoms with E-state index in [2.05, 4.69) is 53.8 Å². The van der Waals surface area contributed by atoms with E-state index in [1.807, 2.05) is 6.92 Å². The molecule has 0 saturated heterocycles. The number of hydrogen-bond donors (Lipinski definition) is 1. The van der Waals surface area contributed by atoms with E-state index in [4.69, 9.17) is 4.74 Å². The Bertz CT molecular complexity index is 415. The molecule has 0 amide bonds. The SMILES string of the molecule is C=C(C)COc1c(C)cc(Br)cc1CNCCC. The summed E-state index contributed by atoms with van der Waals surface area (Å²) in [6.07, 6.45) is 1.13. The molecule has 0 unspecified atom stereocenters. The first-order valence-electron chi connectivity index (χ1n) is 6.31. The Morgan fingerprint density at radius 1 is 1.44 bits per heavy atom. The second kappa shape index (κ2) is 7.59. The van der Waals surface area contributed by atoms with Crippen LogP contribution in [0.1, 0.15) is 31.4 Å². The monoisotopic (exact) mass is 311 g/mol. The van der Waals surface area contributed by atoms with Gasteiger partial charge in [0.05, 0.1) is 0 Å². The van der Waals surface area contributed by atoms with Gasteiger partial charge in [-0.25, -0.2) is 0 Å². The van der Waals surface area contributed by atoms with Crippen molar-refractivity contribution in [2.45, 2.75) is 33.7 Å². The summed E-state index contributed by atoms with van der Waals surface area (Å²) in [4.78, 5) is 0. The van der Waals surface area contributed by atoms with Crippen molar-refractivity contribution in [3.63, 3.8) is 0 Å². The van der Waals surface area contributed by atoms with Crippen molar-refractivity contribution in [2.24, 2.45) is 0 Å². The molecule has 0 spiro atoms. The topological polar surface area (TPSA) is 21.3 Å². The maximum Gasteiger partial charge on any atom is 0.127 e. The smallest absolute Gasteiger partial charge is 0.127 e. The highest BCUT2D eigenvalue weighted by Gasteiger charge is 2.09. The van der Waals surface area contributed by atoms with E-state index in [0.717, 1.165) is 40.9 Å². The molecule has 1 aromatic rings. The molecule has 0 saturated carbocycles. The van der Waals surface area contributed by atoms with E-state index in [-0.39, 0.29) is 0 Å². The standard InChI is InChI=1S/C15H22BrNO/c1-5-6-17-9-13-8-14(16)7-12(4)15(13)18-10-11(2)3/h7-8,17H,2,5-6,9-10H2,1,3-4H3. The summed E-state index contributed by atoms with van der Waals surface area (Å²) in [6.45, 7) is 12.5. The van der Waals surface area contributed by atoms with Crippen LogP contribution in [0.4, 0.5) is 0 Å². The molecule has 0 atom stereocenters. The summed E-state index contributed by atoms with van der Waals surface area (Å²) < 4.78 is 6.95. The van der Waals surface area contributed by atoms with Crippen LogP contribution >= 0.6 is 15.9 Å². The zero-order chi connectivity index (χ0) is 13.5. The minimum absolute atomic E-state index is 0.573. The second-order valence-corrected chi connectivity index (χ2v) is 5.55. The lowest BCUT2D eigenvalue weighted by Gasteiger charge is -2.15. The normalized spacial score (nSPS) is 10.4. The molecule has 0 fully saturated rings. The Labute approximate surface area is 119 Å². The Morgan fingerprint density at radius 3 is 2.78 bits per heavy atom. The van der Waals surface area contributed by atoms with Crippen LogP contribution < -0.4 is 10.1 Å². The minimum Gasteiger partial charge on any atom is -0.489 e. The van der Waals surface area contributed by atoms with Gasteiger partial charge in [-0.05, 0) is 50.1 Å². The van der Waals surface area contributed by atoms with Gasteiger partial charge in [-0.2, -0.15) is 0 Å². The molecule has 1 aromatic carbocycles. The van der Waals surface area contributed by atoms with Gasteiger partial charge in [-0.1, -0.05) is 29.4 Å². The van der Waals surface area contributed by atoms with Gasteiger partial charge in [0.15, 0.2) is 0 Å². The molecule has 0 aliphatic carbocycles. The molecule has 2 nitrogen and oxygen atoms in total. The van der Waals surface area contributed by atoms with E-state index in [0.29, 0.717) is 6.61 Å². The van der Waals surface area contributed by atoms with E-state index in [1.54, 1.807) is 0 Å². The second-order valence-electron chi connectivity index (χ2n) is 4.63. The molecule has 1 N–H and O–H groups in total. The van der Waals surface area contributed by atoms with Gasteiger partial charge in [0.2, 0.25) is 0 Å². The van der Waals surface area contributed by atoms with Crippen LogP contribution in [0, 0.1) is 6.92 Å². The minimum atomic E-state index is 0.573. The van der Waals surface area contributed by atoms with Crippen LogP contribution in [0.5, 0.6) is 5.75 Å². The molecule has 0 aliphatic rings. The molecule has 0 aliphatic heterocycles. The molecule has 0 aromatic heterocycles. The van der Waals surface area contributed by atoms with Crippen molar-refractivity contribution in [1.29, 1.82) is 0 Å². The zero-order valence-electron chi connectivity index (χ0n) is 11.5. The first-order chi connectivity index (χ1) is 8.54. The number of hydrogen-bond acceptors (Lipinski definition) is 2. The highest BCUT2D eigenvalue weighted by Crippen LogP contribution is 2.28. The number of aryl methyl sites for hydroxylation is 1. The van der Waals surface area contributed by atoms with Gasteiger partial charge in [-0.3, -0.25) is 0 Å². The molecule has 0 heterocycles. The summed E-state index contributed by atoms with van der Waals surface area (Å²) in [5.41, 5.74) is 3.38. The average molecular weight is 312 g/mol. The van der Waals surface area contributed by atoms with Crippen molar-refractivity contribution < 1.29 is 4.74 Å². The summed E-state index contributed by atoms with van der Waals surface area (Å²) in [5.74, 6) is 0.977. The molecule has 18 heavy (non-hydrogen) atoms. The predicted molar refractivity (Wildman–Crippen MR) is 81.2 cm³/mol. The molecular weight excluding hydrogens is 290 g/mol. The summed E-state index contributed by atoms with van der Waals surface area (Å²) in [5, 5.41) is 3.41. The van der Waals surface area contributed by atoms with Crippen LogP contribution in [-0.2, 0) is 6.54 Å². The predicted octanol–water partition coefficient (Wildman–Crippen LogP) is 4.21. The van der Waals surface area contributed by atoms with Gasteiger partial charge in [0.1, 0.15) is 12.4 Å². The Hall–Kier alpha value is -0.800. The van der Waals surface area contributed by atoms with Crippen molar-refractivity contribution in [2.75, 3.05) is 13.2 Å². The van der Waals surface area contributed by atoms with Gasteiger partial charge >= 0.3 is 0 Å². The van der Waals surface area contributed by atoms with E-state index >= 15 is 0 Å². The molecule has 0 radical (unpaired) electrons. The molecule has 1 rings (SSSR count). The third-order valence-corrected chi connectivity index (χ3v) is 2.98. The van der Waals surface area contributed by atoms with Gasteiger partial charge in [0.25, 0.3) is 0 Å². The third kappa shape index (κ3) is 4.83. The largest absolute Gasteiger partial charge is 0.489 e. The average Bonchev–Trinajstić information content (AvgIpc) is 2.27. The fraction of sp³-hybridized carbons (Fsp3) is 0.467. The first-order valence-corrected chi connectivity index (χ1v) is 7.10. The highest BCUT2D eigenvalue weighted by molar-refractivity contribution is 9.10. The molecule has 0 bridgehead atoms. The fourth-order valence-corrected chi connectivity index (χ4v) is 2.35.